The average Bonchev–Trinajstić information content (AvgIpc) is 2.19. The van der Waals surface area contributed by atoms with Gasteiger partial charge in [-0.15, -0.1) is 0 Å². The van der Waals surface area contributed by atoms with Gasteiger partial charge in [0.1, 0.15) is 5.75 Å². The Morgan fingerprint density at radius 2 is 1.71 bits per heavy atom. The summed E-state index contributed by atoms with van der Waals surface area (Å²) in [6.07, 6.45) is 2.04. The summed E-state index contributed by atoms with van der Waals surface area (Å²) >= 11 is 0. The van der Waals surface area contributed by atoms with Crippen LogP contribution in [0.25, 0.3) is 0 Å². The van der Waals surface area contributed by atoms with Gasteiger partial charge in [0.05, 0.1) is 0 Å². The van der Waals surface area contributed by atoms with Crippen molar-refractivity contribution in [1.82, 2.24) is 0 Å². The van der Waals surface area contributed by atoms with Crippen LogP contribution in [0.5, 0.6) is 0 Å². The number of unbranched alkanes of at least 4 members (excludes halogenated alkanes) is 1. The van der Waals surface area contributed by atoms with Gasteiger partial charge in [0.2, 0.25) is 0 Å². The third-order valence-corrected chi connectivity index (χ3v) is 2.40. The van der Waals surface area contributed by atoms with Crippen molar-refractivity contribution >= 4 is 10.1 Å². The standard InChI is InChI=1S/C7H8O3S.C4H10O.Fe/c8-11(9,10)6-7-4-2-1-3-5-7;1-2-3-4-5;/h1-5H,6H2,(H,8,9,10);5H,2-4H2,1H3;. The quantitative estimate of drug-likeness (QED) is 0.657. The number of aliphatic hydroxyl groups is 1. The average molecular weight is 302 g/mol. The van der Waals surface area contributed by atoms with Crippen molar-refractivity contribution in [3.63, 3.8) is 0 Å². The molecule has 0 aliphatic heterocycles. The Kier molecular flexibility index (Phi) is 12.0. The first-order valence-corrected chi connectivity index (χ1v) is 6.70. The van der Waals surface area contributed by atoms with Crippen LogP contribution in [-0.2, 0) is 32.9 Å². The molecule has 0 unspecified atom stereocenters. The van der Waals surface area contributed by atoms with E-state index in [0.29, 0.717) is 12.2 Å². The zero-order valence-electron chi connectivity index (χ0n) is 9.69. The molecule has 0 heterocycles. The van der Waals surface area contributed by atoms with E-state index in [4.69, 9.17) is 9.66 Å². The van der Waals surface area contributed by atoms with Gasteiger partial charge in [0.15, 0.2) is 0 Å². The molecule has 17 heavy (non-hydrogen) atoms. The molecule has 0 bridgehead atoms. The van der Waals surface area contributed by atoms with Gasteiger partial charge in [-0.25, -0.2) is 0 Å². The van der Waals surface area contributed by atoms with Crippen LogP contribution >= 0.6 is 0 Å². The van der Waals surface area contributed by atoms with Crippen molar-refractivity contribution in [3.8, 4) is 0 Å². The second-order valence-corrected chi connectivity index (χ2v) is 4.74. The molecule has 1 aromatic rings. The maximum Gasteiger partial charge on any atom is 0.269 e. The van der Waals surface area contributed by atoms with Crippen molar-refractivity contribution in [2.45, 2.75) is 25.5 Å². The molecular weight excluding hydrogens is 284 g/mol. The van der Waals surface area contributed by atoms with E-state index in [9.17, 15) is 8.42 Å². The third kappa shape index (κ3) is 13.5. The molecule has 0 aromatic heterocycles. The Bertz CT molecular complexity index is 362. The van der Waals surface area contributed by atoms with E-state index < -0.39 is 10.1 Å². The molecule has 0 fully saturated rings. The minimum atomic E-state index is -3.88. The summed E-state index contributed by atoms with van der Waals surface area (Å²) in [7, 11) is -3.88. The number of rotatable bonds is 4. The zero-order chi connectivity index (χ0) is 12.4. The normalized spacial score (nSPS) is 9.82. The van der Waals surface area contributed by atoms with Gasteiger partial charge < -0.3 is 5.11 Å². The number of aliphatic hydroxyl groups excluding tert-OH is 1. The molecule has 0 saturated carbocycles. The molecule has 0 aliphatic rings. The SMILES string of the molecule is CCCCO.O=S(=O)(O)Cc1ccccc1.[Fe]. The van der Waals surface area contributed by atoms with E-state index in [-0.39, 0.29) is 22.8 Å². The summed E-state index contributed by atoms with van der Waals surface area (Å²) in [6.45, 7) is 2.40. The Balaban J connectivity index is 0. The number of benzene rings is 1. The molecule has 1 rings (SSSR count). The summed E-state index contributed by atoms with van der Waals surface area (Å²) in [5.41, 5.74) is 0.593. The van der Waals surface area contributed by atoms with Crippen molar-refractivity contribution in [1.29, 1.82) is 0 Å². The van der Waals surface area contributed by atoms with Gasteiger partial charge in [0.25, 0.3) is 10.1 Å². The topological polar surface area (TPSA) is 74.6 Å². The minimum absolute atomic E-state index is 0. The van der Waals surface area contributed by atoms with Crippen LogP contribution in [0.4, 0.5) is 0 Å². The first-order chi connectivity index (χ1) is 7.49. The molecule has 0 aliphatic carbocycles. The fourth-order valence-corrected chi connectivity index (χ4v) is 1.56. The van der Waals surface area contributed by atoms with Crippen LogP contribution in [0.2, 0.25) is 0 Å². The fraction of sp³-hybridized carbons (Fsp3) is 0.455. The van der Waals surface area contributed by atoms with E-state index in [1.54, 1.807) is 30.3 Å². The third-order valence-electron chi connectivity index (χ3n) is 1.70. The smallest absolute Gasteiger partial charge is 0.269 e. The molecule has 0 amide bonds. The molecule has 0 radical (unpaired) electrons. The first kappa shape index (κ1) is 19.0. The van der Waals surface area contributed by atoms with E-state index in [2.05, 4.69) is 6.92 Å². The molecular formula is C11H18FeO4S. The Labute approximate surface area is 113 Å². The van der Waals surface area contributed by atoms with Crippen LogP contribution < -0.4 is 0 Å². The van der Waals surface area contributed by atoms with Crippen molar-refractivity contribution < 1.29 is 35.1 Å². The second kappa shape index (κ2) is 10.7. The fourth-order valence-electron chi connectivity index (χ4n) is 0.943. The molecule has 6 heteroatoms. The van der Waals surface area contributed by atoms with Crippen LogP contribution in [0, 0.1) is 0 Å². The molecule has 4 nitrogen and oxygen atoms in total. The summed E-state index contributed by atoms with van der Waals surface area (Å²) in [6, 6.07) is 8.52. The molecule has 2 N–H and O–H groups in total. The predicted octanol–water partition coefficient (Wildman–Crippen LogP) is 1.85. The summed E-state index contributed by atoms with van der Waals surface area (Å²) in [4.78, 5) is 0. The number of hydrogen-bond acceptors (Lipinski definition) is 3. The van der Waals surface area contributed by atoms with E-state index >= 15 is 0 Å². The van der Waals surface area contributed by atoms with Gasteiger partial charge in [-0.1, -0.05) is 43.7 Å². The Hall–Kier alpha value is -0.391. The monoisotopic (exact) mass is 302 g/mol. The first-order valence-electron chi connectivity index (χ1n) is 5.09. The predicted molar refractivity (Wildman–Crippen MR) is 63.7 cm³/mol. The molecule has 0 atom stereocenters. The molecule has 0 saturated heterocycles. The Morgan fingerprint density at radius 1 is 1.18 bits per heavy atom. The maximum atomic E-state index is 10.4. The molecule has 0 spiro atoms. The van der Waals surface area contributed by atoms with Crippen LogP contribution in [-0.4, -0.2) is 24.7 Å². The summed E-state index contributed by atoms with van der Waals surface area (Å²) < 4.78 is 29.2. The van der Waals surface area contributed by atoms with Gasteiger partial charge >= 0.3 is 0 Å². The molecule has 100 valence electrons. The summed E-state index contributed by atoms with van der Waals surface area (Å²) in [5, 5.41) is 8.07. The van der Waals surface area contributed by atoms with Crippen molar-refractivity contribution in [3.05, 3.63) is 35.9 Å². The minimum Gasteiger partial charge on any atom is -0.396 e. The van der Waals surface area contributed by atoms with Crippen molar-refractivity contribution in [2.24, 2.45) is 0 Å². The van der Waals surface area contributed by atoms with Crippen LogP contribution in [0.3, 0.4) is 0 Å². The van der Waals surface area contributed by atoms with Crippen molar-refractivity contribution in [2.75, 3.05) is 6.61 Å². The van der Waals surface area contributed by atoms with Crippen LogP contribution in [0.1, 0.15) is 25.3 Å². The van der Waals surface area contributed by atoms with E-state index in [1.165, 1.54) is 0 Å². The maximum absolute atomic E-state index is 10.4. The van der Waals surface area contributed by atoms with Crippen LogP contribution in [0.15, 0.2) is 30.3 Å². The Morgan fingerprint density at radius 3 is 2.00 bits per heavy atom. The largest absolute Gasteiger partial charge is 0.396 e. The van der Waals surface area contributed by atoms with Gasteiger partial charge in [-0.3, -0.25) is 4.55 Å². The summed E-state index contributed by atoms with van der Waals surface area (Å²) in [5.74, 6) is -0.312. The second-order valence-electron chi connectivity index (χ2n) is 3.29. The molecule has 1 aromatic carbocycles. The van der Waals surface area contributed by atoms with Gasteiger partial charge in [0, 0.05) is 23.7 Å². The number of hydrogen-bond donors (Lipinski definition) is 2. The van der Waals surface area contributed by atoms with E-state index in [1.807, 2.05) is 0 Å². The van der Waals surface area contributed by atoms with Gasteiger partial charge in [-0.2, -0.15) is 8.42 Å². The van der Waals surface area contributed by atoms with Gasteiger partial charge in [-0.05, 0) is 12.0 Å². The zero-order valence-corrected chi connectivity index (χ0v) is 11.6. The van der Waals surface area contributed by atoms with E-state index in [0.717, 1.165) is 12.8 Å².